The summed E-state index contributed by atoms with van der Waals surface area (Å²) in [6, 6.07) is 75.6. The van der Waals surface area contributed by atoms with Crippen molar-refractivity contribution < 1.29 is 0 Å². The van der Waals surface area contributed by atoms with Crippen LogP contribution in [0, 0.1) is 41.5 Å². The summed E-state index contributed by atoms with van der Waals surface area (Å²) in [6.07, 6.45) is 2.50. The van der Waals surface area contributed by atoms with Crippen molar-refractivity contribution >= 4 is 10.8 Å². The molecular formula is C89H122. The highest BCUT2D eigenvalue weighted by Gasteiger charge is 2.25. The van der Waals surface area contributed by atoms with Gasteiger partial charge in [-0.2, -0.15) is 0 Å². The van der Waals surface area contributed by atoms with Crippen LogP contribution < -0.4 is 0 Å². The van der Waals surface area contributed by atoms with E-state index < -0.39 is 0 Å². The number of benzene rings is 9. The smallest absolute Gasteiger partial charge is 0.0146 e. The van der Waals surface area contributed by atoms with Crippen molar-refractivity contribution in [1.82, 2.24) is 0 Å². The molecule has 0 amide bonds. The second kappa shape index (κ2) is 33.3. The van der Waals surface area contributed by atoms with E-state index in [0.717, 1.165) is 0 Å². The molecule has 0 N–H and O–H groups in total. The van der Waals surface area contributed by atoms with E-state index in [-0.39, 0.29) is 37.9 Å². The lowest BCUT2D eigenvalue weighted by Crippen LogP contribution is -2.18. The molecule has 0 saturated carbocycles. The molecule has 0 nitrogen and oxygen atoms in total. The SMILES string of the molecule is CC(C)(C)c1ccc2ccc(C(C)(C)C)cc2c1.CC(C)(C)c1cccc(C(C)(C)C)c1.CCC.CCC.Cc1ccc(C(C)(C)c2ccc(C)cc2)cc1.Cc1ccc(C(C)(C)c2ccc(C)cc2)cc1.Cc1ccc(C(C)(C)c2ccc(C)cc2)cc1. The van der Waals surface area contributed by atoms with Gasteiger partial charge in [0.05, 0.1) is 0 Å². The standard InChI is InChI=1S/C18H24.3C17H20.C14H22.2C3H8/c1-17(2,3)15-9-7-13-8-10-16(18(4,5)6)12-14(13)11-15;3*1-13-5-9-15(10-6-13)17(3,4)16-11-7-14(2)8-12-16;1-13(2,3)11-8-7-9-12(10-11)14(4,5)6;2*1-3-2/h7-12H,1-6H3;3*5-12H,1-4H3;7-10H,1-6H3;2*3H2,1-2H3. The molecule has 478 valence electrons. The van der Waals surface area contributed by atoms with E-state index >= 15 is 0 Å². The molecule has 0 bridgehead atoms. The van der Waals surface area contributed by atoms with Gasteiger partial charge in [-0.05, 0) is 130 Å². The van der Waals surface area contributed by atoms with Crippen molar-refractivity contribution in [2.75, 3.05) is 0 Å². The van der Waals surface area contributed by atoms with Gasteiger partial charge in [0.15, 0.2) is 0 Å². The zero-order valence-corrected chi connectivity index (χ0v) is 61.5. The van der Waals surface area contributed by atoms with Gasteiger partial charge in [0.25, 0.3) is 0 Å². The fourth-order valence-corrected chi connectivity index (χ4v) is 9.95. The van der Waals surface area contributed by atoms with Crippen LogP contribution in [0.1, 0.15) is 254 Å². The topological polar surface area (TPSA) is 0 Å². The van der Waals surface area contributed by atoms with Crippen LogP contribution in [-0.2, 0) is 37.9 Å². The Kier molecular flexibility index (Phi) is 28.7. The predicted octanol–water partition coefficient (Wildman–Crippen LogP) is 26.4. The lowest BCUT2D eigenvalue weighted by molar-refractivity contribution is 0.568. The van der Waals surface area contributed by atoms with Gasteiger partial charge in [-0.3, -0.25) is 0 Å². The van der Waals surface area contributed by atoms with Gasteiger partial charge in [-0.15, -0.1) is 0 Å². The molecule has 0 aliphatic heterocycles. The van der Waals surface area contributed by atoms with Gasteiger partial charge in [0.2, 0.25) is 0 Å². The van der Waals surface area contributed by atoms with Crippen molar-refractivity contribution in [2.24, 2.45) is 0 Å². The van der Waals surface area contributed by atoms with Crippen LogP contribution in [0.4, 0.5) is 0 Å². The molecule has 0 atom stereocenters. The number of rotatable bonds is 6. The van der Waals surface area contributed by atoms with Crippen LogP contribution in [0.3, 0.4) is 0 Å². The minimum absolute atomic E-state index is 0.0708. The highest BCUT2D eigenvalue weighted by Crippen LogP contribution is 2.36. The summed E-state index contributed by atoms with van der Waals surface area (Å²) in [5.41, 5.74) is 22.9. The predicted molar refractivity (Wildman–Crippen MR) is 401 cm³/mol. The van der Waals surface area contributed by atoms with Crippen LogP contribution in [0.25, 0.3) is 10.8 Å². The van der Waals surface area contributed by atoms with Crippen molar-refractivity contribution in [3.63, 3.8) is 0 Å². The minimum atomic E-state index is 0.0708. The maximum absolute atomic E-state index is 2.34. The fourth-order valence-electron chi connectivity index (χ4n) is 9.95. The number of hydrogen-bond donors (Lipinski definition) is 0. The number of hydrogen-bond acceptors (Lipinski definition) is 0. The van der Waals surface area contributed by atoms with E-state index in [2.05, 4.69) is 400 Å². The Bertz CT molecular complexity index is 3000. The van der Waals surface area contributed by atoms with Crippen LogP contribution in [-0.4, -0.2) is 0 Å². The summed E-state index contributed by atoms with van der Waals surface area (Å²) in [7, 11) is 0. The third-order valence-electron chi connectivity index (χ3n) is 16.8. The van der Waals surface area contributed by atoms with Gasteiger partial charge >= 0.3 is 0 Å². The molecule has 0 heteroatoms. The summed E-state index contributed by atoms with van der Waals surface area (Å²) >= 11 is 0. The maximum atomic E-state index is 2.34. The molecule has 0 unspecified atom stereocenters. The molecule has 0 saturated heterocycles. The van der Waals surface area contributed by atoms with Gasteiger partial charge in [-0.25, -0.2) is 0 Å². The lowest BCUT2D eigenvalue weighted by Gasteiger charge is -2.26. The van der Waals surface area contributed by atoms with Gasteiger partial charge in [-0.1, -0.05) is 405 Å². The first-order chi connectivity index (χ1) is 41.2. The molecule has 9 rings (SSSR count). The molecule has 0 aliphatic rings. The Morgan fingerprint density at radius 2 is 0.348 bits per heavy atom. The van der Waals surface area contributed by atoms with Gasteiger partial charge in [0, 0.05) is 16.2 Å². The first-order valence-corrected chi connectivity index (χ1v) is 33.3. The first kappa shape index (κ1) is 76.5. The lowest BCUT2D eigenvalue weighted by atomic mass is 9.78. The number of aryl methyl sites for hydroxylation is 6. The largest absolute Gasteiger partial charge is 0.0656 e. The Morgan fingerprint density at radius 1 is 0.191 bits per heavy atom. The normalized spacial score (nSPS) is 11.7. The molecule has 9 aromatic rings. The molecular weight excluding hydrogens is 1070 g/mol. The molecule has 9 aromatic carbocycles. The number of fused-ring (bicyclic) bond motifs is 1. The molecule has 0 heterocycles. The molecule has 0 aliphatic carbocycles. The Hall–Kier alpha value is -6.76. The van der Waals surface area contributed by atoms with E-state index in [1.54, 1.807) is 0 Å². The van der Waals surface area contributed by atoms with E-state index in [1.165, 1.54) is 113 Å². The molecule has 0 aromatic heterocycles. The van der Waals surface area contributed by atoms with E-state index in [1.807, 2.05) is 0 Å². The molecule has 0 fully saturated rings. The van der Waals surface area contributed by atoms with E-state index in [9.17, 15) is 0 Å². The second-order valence-corrected chi connectivity index (χ2v) is 30.8. The highest BCUT2D eigenvalue weighted by atomic mass is 14.3. The van der Waals surface area contributed by atoms with Gasteiger partial charge in [0.1, 0.15) is 0 Å². The fraction of sp³-hybridized carbons (Fsp3) is 0.416. The molecule has 0 radical (unpaired) electrons. The third kappa shape index (κ3) is 24.2. The molecule has 0 spiro atoms. The van der Waals surface area contributed by atoms with E-state index in [0.29, 0.717) is 0 Å². The van der Waals surface area contributed by atoms with Crippen LogP contribution in [0.5, 0.6) is 0 Å². The van der Waals surface area contributed by atoms with Crippen molar-refractivity contribution in [3.8, 4) is 0 Å². The zero-order chi connectivity index (χ0) is 67.3. The Labute approximate surface area is 547 Å². The monoisotopic (exact) mass is 1190 g/mol. The van der Waals surface area contributed by atoms with Crippen molar-refractivity contribution in [3.05, 3.63) is 295 Å². The van der Waals surface area contributed by atoms with Crippen molar-refractivity contribution in [1.29, 1.82) is 0 Å². The average Bonchev–Trinajstić information content (AvgIpc) is 1.94. The minimum Gasteiger partial charge on any atom is -0.0656 e. The summed E-state index contributed by atoms with van der Waals surface area (Å²) < 4.78 is 0. The Balaban J connectivity index is 0.000000285. The third-order valence-corrected chi connectivity index (χ3v) is 16.8. The summed E-state index contributed by atoms with van der Waals surface area (Å²) in [5, 5.41) is 2.69. The summed E-state index contributed by atoms with van der Waals surface area (Å²) in [5.74, 6) is 0. The highest BCUT2D eigenvalue weighted by molar-refractivity contribution is 5.84. The van der Waals surface area contributed by atoms with Gasteiger partial charge < -0.3 is 0 Å². The quantitative estimate of drug-likeness (QED) is 0.156. The first-order valence-electron chi connectivity index (χ1n) is 33.3. The van der Waals surface area contributed by atoms with Crippen LogP contribution in [0.15, 0.2) is 206 Å². The molecule has 89 heavy (non-hydrogen) atoms. The van der Waals surface area contributed by atoms with Crippen LogP contribution in [0.2, 0.25) is 0 Å². The average molecular weight is 1190 g/mol. The second-order valence-electron chi connectivity index (χ2n) is 30.8. The zero-order valence-electron chi connectivity index (χ0n) is 61.5. The maximum Gasteiger partial charge on any atom is 0.0146 e. The van der Waals surface area contributed by atoms with Crippen molar-refractivity contribution in [2.45, 2.75) is 245 Å². The summed E-state index contributed by atoms with van der Waals surface area (Å²) in [6.45, 7) is 62.1. The van der Waals surface area contributed by atoms with Crippen LogP contribution >= 0.6 is 0 Å². The Morgan fingerprint density at radius 3 is 0.517 bits per heavy atom. The summed E-state index contributed by atoms with van der Waals surface area (Å²) in [4.78, 5) is 0. The van der Waals surface area contributed by atoms with E-state index in [4.69, 9.17) is 0 Å².